The predicted molar refractivity (Wildman–Crippen MR) is 153 cm³/mol. The molecule has 2 rings (SSSR count). The van der Waals surface area contributed by atoms with Crippen molar-refractivity contribution in [1.29, 1.82) is 0 Å². The maximum Gasteiger partial charge on any atom is 0.408 e. The van der Waals surface area contributed by atoms with E-state index < -0.39 is 23.8 Å². The Bertz CT molecular complexity index is 1110. The van der Waals surface area contributed by atoms with Crippen LogP contribution in [0.25, 0.3) is 6.08 Å². The lowest BCUT2D eigenvalue weighted by molar-refractivity contribution is -0.139. The summed E-state index contributed by atoms with van der Waals surface area (Å²) in [5.41, 5.74) is 3.31. The van der Waals surface area contributed by atoms with E-state index in [2.05, 4.69) is 17.2 Å². The second-order valence-corrected chi connectivity index (χ2v) is 10.9. The van der Waals surface area contributed by atoms with Gasteiger partial charge < -0.3 is 20.3 Å². The van der Waals surface area contributed by atoms with Crippen molar-refractivity contribution < 1.29 is 19.1 Å². The fraction of sp³-hybridized carbons (Fsp3) is 0.414. The van der Waals surface area contributed by atoms with Crippen molar-refractivity contribution in [3.05, 3.63) is 71.3 Å². The van der Waals surface area contributed by atoms with Crippen molar-refractivity contribution in [2.75, 3.05) is 24.4 Å². The van der Waals surface area contributed by atoms with Crippen LogP contribution in [0.3, 0.4) is 0 Å². The Kier molecular flexibility index (Phi) is 10.8. The smallest absolute Gasteiger partial charge is 0.408 e. The van der Waals surface area contributed by atoms with Crippen LogP contribution in [0.15, 0.2) is 49.0 Å². The lowest BCUT2D eigenvalue weighted by Gasteiger charge is -2.32. The summed E-state index contributed by atoms with van der Waals surface area (Å²) in [6.45, 7) is 13.0. The van der Waals surface area contributed by atoms with Crippen LogP contribution >= 0.6 is 11.8 Å². The molecule has 0 saturated heterocycles. The highest BCUT2D eigenvalue weighted by Gasteiger charge is 2.34. The van der Waals surface area contributed by atoms with E-state index in [0.29, 0.717) is 23.4 Å². The maximum absolute atomic E-state index is 13.8. The van der Waals surface area contributed by atoms with Crippen LogP contribution in [0.1, 0.15) is 55.5 Å². The highest BCUT2D eigenvalue weighted by atomic mass is 32.2. The van der Waals surface area contributed by atoms with E-state index in [-0.39, 0.29) is 11.8 Å². The second kappa shape index (κ2) is 13.3. The van der Waals surface area contributed by atoms with Crippen LogP contribution in [-0.4, -0.2) is 53.5 Å². The van der Waals surface area contributed by atoms with E-state index >= 15 is 0 Å². The first kappa shape index (κ1) is 30.0. The van der Waals surface area contributed by atoms with Crippen LogP contribution in [0.4, 0.5) is 10.5 Å². The first-order chi connectivity index (χ1) is 17.4. The molecule has 2 aromatic rings. The van der Waals surface area contributed by atoms with E-state index in [0.717, 1.165) is 16.7 Å². The van der Waals surface area contributed by atoms with Gasteiger partial charge in [0.2, 0.25) is 5.91 Å². The average molecular weight is 526 g/mol. The Morgan fingerprint density at radius 1 is 1.11 bits per heavy atom. The van der Waals surface area contributed by atoms with Crippen molar-refractivity contribution in [3.63, 3.8) is 0 Å². The first-order valence-corrected chi connectivity index (χ1v) is 13.6. The van der Waals surface area contributed by atoms with Crippen molar-refractivity contribution in [2.24, 2.45) is 0 Å². The third-order valence-electron chi connectivity index (χ3n) is 5.77. The standard InChI is InChI=1S/C29H39N3O4S/c1-9-21-14-11-15-22(18-21)25(26(33)31-24-19(2)12-10-13-20(24)3)32(7)27(34)23(16-17-37-8)30-28(35)36-29(4,5)6/h9-15,18,23,25H,1,16-17H2,2-8H3,(H,30,35)(H,31,33). The number of para-hydroxylation sites is 1. The maximum atomic E-state index is 13.8. The quantitative estimate of drug-likeness (QED) is 0.414. The van der Waals surface area contributed by atoms with Gasteiger partial charge in [-0.3, -0.25) is 9.59 Å². The average Bonchev–Trinajstić information content (AvgIpc) is 2.82. The molecule has 0 aliphatic carbocycles. The zero-order valence-corrected chi connectivity index (χ0v) is 23.7. The van der Waals surface area contributed by atoms with Crippen molar-refractivity contribution in [2.45, 2.75) is 58.7 Å². The summed E-state index contributed by atoms with van der Waals surface area (Å²) in [5.74, 6) is -0.0912. The van der Waals surface area contributed by atoms with E-state index in [1.807, 2.05) is 62.6 Å². The molecule has 37 heavy (non-hydrogen) atoms. The lowest BCUT2D eigenvalue weighted by atomic mass is 10.00. The van der Waals surface area contributed by atoms with Gasteiger partial charge in [0, 0.05) is 12.7 Å². The number of hydrogen-bond acceptors (Lipinski definition) is 5. The summed E-state index contributed by atoms with van der Waals surface area (Å²) >= 11 is 1.57. The summed E-state index contributed by atoms with van der Waals surface area (Å²) < 4.78 is 5.39. The van der Waals surface area contributed by atoms with E-state index in [4.69, 9.17) is 4.74 Å². The molecule has 0 aromatic heterocycles. The number of likely N-dealkylation sites (N-methyl/N-ethyl adjacent to an activating group) is 1. The number of ether oxygens (including phenoxy) is 1. The molecule has 200 valence electrons. The lowest BCUT2D eigenvalue weighted by Crippen LogP contribution is -2.51. The molecule has 2 atom stereocenters. The van der Waals surface area contributed by atoms with Gasteiger partial charge in [0.05, 0.1) is 0 Å². The number of alkyl carbamates (subject to hydrolysis) is 1. The molecule has 0 aliphatic heterocycles. The van der Waals surface area contributed by atoms with Gasteiger partial charge in [0.1, 0.15) is 17.7 Å². The molecular formula is C29H39N3O4S. The largest absolute Gasteiger partial charge is 0.444 e. The Labute approximate surface area is 225 Å². The summed E-state index contributed by atoms with van der Waals surface area (Å²) in [5, 5.41) is 5.74. The molecule has 0 heterocycles. The molecule has 2 aromatic carbocycles. The number of rotatable bonds is 10. The normalized spacial score (nSPS) is 12.7. The number of aryl methyl sites for hydroxylation is 2. The molecule has 0 spiro atoms. The number of carbonyl (C=O) groups is 3. The minimum atomic E-state index is -0.941. The van der Waals surface area contributed by atoms with E-state index in [1.54, 1.807) is 45.7 Å². The van der Waals surface area contributed by atoms with Gasteiger partial charge in [0.15, 0.2) is 0 Å². The molecule has 3 amide bonds. The number of carbonyl (C=O) groups excluding carboxylic acids is 3. The number of benzene rings is 2. The van der Waals surface area contributed by atoms with Crippen LogP contribution in [0.2, 0.25) is 0 Å². The number of nitrogens with zero attached hydrogens (tertiary/aromatic N) is 1. The third-order valence-corrected chi connectivity index (χ3v) is 6.42. The molecule has 0 bridgehead atoms. The van der Waals surface area contributed by atoms with E-state index in [1.165, 1.54) is 4.90 Å². The minimum absolute atomic E-state index is 0.352. The van der Waals surface area contributed by atoms with Crippen molar-refractivity contribution >= 4 is 41.4 Å². The number of nitrogens with one attached hydrogen (secondary N) is 2. The Morgan fingerprint density at radius 3 is 2.30 bits per heavy atom. The Hall–Kier alpha value is -3.26. The zero-order valence-electron chi connectivity index (χ0n) is 22.9. The van der Waals surface area contributed by atoms with Crippen molar-refractivity contribution in [3.8, 4) is 0 Å². The summed E-state index contributed by atoms with van der Waals surface area (Å²) in [6.07, 6.45) is 3.34. The van der Waals surface area contributed by atoms with Gasteiger partial charge in [-0.15, -0.1) is 0 Å². The molecule has 0 radical (unpaired) electrons. The van der Waals surface area contributed by atoms with Crippen LogP contribution in [0, 0.1) is 13.8 Å². The fourth-order valence-corrected chi connectivity index (χ4v) is 4.40. The second-order valence-electron chi connectivity index (χ2n) is 9.96. The van der Waals surface area contributed by atoms with Crippen LogP contribution in [-0.2, 0) is 14.3 Å². The highest BCUT2D eigenvalue weighted by molar-refractivity contribution is 7.98. The minimum Gasteiger partial charge on any atom is -0.444 e. The SMILES string of the molecule is C=Cc1cccc(C(C(=O)Nc2c(C)cccc2C)N(C)C(=O)C(CCSC)NC(=O)OC(C)(C)C)c1. The van der Waals surface area contributed by atoms with E-state index in [9.17, 15) is 14.4 Å². The van der Waals surface area contributed by atoms with Gasteiger partial charge in [-0.2, -0.15) is 11.8 Å². The van der Waals surface area contributed by atoms with Gasteiger partial charge >= 0.3 is 6.09 Å². The molecule has 0 saturated carbocycles. The topological polar surface area (TPSA) is 87.7 Å². The number of hydrogen-bond donors (Lipinski definition) is 2. The molecule has 2 N–H and O–H groups in total. The van der Waals surface area contributed by atoms with Crippen LogP contribution < -0.4 is 10.6 Å². The molecular weight excluding hydrogens is 486 g/mol. The Balaban J connectivity index is 2.44. The third kappa shape index (κ3) is 8.67. The van der Waals surface area contributed by atoms with Gasteiger partial charge in [-0.1, -0.05) is 49.1 Å². The fourth-order valence-electron chi connectivity index (χ4n) is 3.93. The highest BCUT2D eigenvalue weighted by Crippen LogP contribution is 2.27. The molecule has 2 unspecified atom stereocenters. The molecule has 0 fully saturated rings. The number of thioether (sulfide) groups is 1. The van der Waals surface area contributed by atoms with Crippen molar-refractivity contribution in [1.82, 2.24) is 10.2 Å². The summed E-state index contributed by atoms with van der Waals surface area (Å²) in [4.78, 5) is 41.4. The van der Waals surface area contributed by atoms with Crippen LogP contribution in [0.5, 0.6) is 0 Å². The number of amides is 3. The predicted octanol–water partition coefficient (Wildman–Crippen LogP) is 5.73. The molecule has 8 heteroatoms. The number of anilines is 1. The summed E-state index contributed by atoms with van der Waals surface area (Å²) in [6, 6.07) is 11.3. The Morgan fingerprint density at radius 2 is 1.73 bits per heavy atom. The van der Waals surface area contributed by atoms with Gasteiger partial charge in [0.25, 0.3) is 5.91 Å². The zero-order chi connectivity index (χ0) is 27.8. The molecule has 0 aliphatic rings. The first-order valence-electron chi connectivity index (χ1n) is 12.2. The van der Waals surface area contributed by atoms with Gasteiger partial charge in [-0.05, 0) is 81.4 Å². The summed E-state index contributed by atoms with van der Waals surface area (Å²) in [7, 11) is 1.58. The monoisotopic (exact) mass is 525 g/mol. The molecule has 7 nitrogen and oxygen atoms in total. The van der Waals surface area contributed by atoms with Gasteiger partial charge in [-0.25, -0.2) is 4.79 Å².